The third-order valence-electron chi connectivity index (χ3n) is 3.14. The van der Waals surface area contributed by atoms with Crippen molar-refractivity contribution in [1.82, 2.24) is 0 Å². The number of hydrogen-bond donors (Lipinski definition) is 1. The van der Waals surface area contributed by atoms with Gasteiger partial charge >= 0.3 is 0 Å². The zero-order chi connectivity index (χ0) is 17.4. The van der Waals surface area contributed by atoms with Crippen molar-refractivity contribution in [1.29, 1.82) is 0 Å². The van der Waals surface area contributed by atoms with E-state index in [9.17, 15) is 9.59 Å². The molecule has 0 saturated heterocycles. The summed E-state index contributed by atoms with van der Waals surface area (Å²) in [5.41, 5.74) is 1.90. The highest BCUT2D eigenvalue weighted by molar-refractivity contribution is 5.97. The van der Waals surface area contributed by atoms with E-state index in [0.717, 1.165) is 11.3 Å². The fourth-order valence-corrected chi connectivity index (χ4v) is 1.90. The molecule has 0 unspecified atom stereocenters. The number of methoxy groups -OCH3 is 1. The predicted molar refractivity (Wildman–Crippen MR) is 91.6 cm³/mol. The first-order valence-corrected chi connectivity index (χ1v) is 7.29. The van der Waals surface area contributed by atoms with Gasteiger partial charge in [0.1, 0.15) is 5.75 Å². The molecular weight excluding hydrogens is 308 g/mol. The van der Waals surface area contributed by atoms with Gasteiger partial charge in [-0.3, -0.25) is 9.59 Å². The Hall–Kier alpha value is -3.15. The fraction of sp³-hybridized carbons (Fsp3) is 0.167. The molecule has 0 spiro atoms. The van der Waals surface area contributed by atoms with Crippen LogP contribution in [0.15, 0.2) is 53.7 Å². The van der Waals surface area contributed by atoms with Crippen molar-refractivity contribution >= 4 is 23.6 Å². The van der Waals surface area contributed by atoms with E-state index in [4.69, 9.17) is 9.57 Å². The van der Waals surface area contributed by atoms with Crippen molar-refractivity contribution in [2.24, 2.45) is 5.16 Å². The summed E-state index contributed by atoms with van der Waals surface area (Å²) in [6.07, 6.45) is 1.50. The lowest BCUT2D eigenvalue weighted by Gasteiger charge is -2.05. The highest BCUT2D eigenvalue weighted by Gasteiger charge is 2.05. The number of rotatable bonds is 7. The van der Waals surface area contributed by atoms with Gasteiger partial charge < -0.3 is 14.9 Å². The molecule has 2 aromatic rings. The Morgan fingerprint density at radius 2 is 1.92 bits per heavy atom. The lowest BCUT2D eigenvalue weighted by molar-refractivity contribution is -0.120. The maximum absolute atomic E-state index is 11.8. The first kappa shape index (κ1) is 17.2. The number of amides is 1. The molecule has 0 aromatic heterocycles. The lowest BCUT2D eigenvalue weighted by Crippen LogP contribution is -2.17. The van der Waals surface area contributed by atoms with Crippen LogP contribution in [0.4, 0.5) is 5.69 Å². The van der Waals surface area contributed by atoms with Gasteiger partial charge in [-0.05, 0) is 48.9 Å². The van der Waals surface area contributed by atoms with Gasteiger partial charge in [0.05, 0.1) is 13.3 Å². The number of nitrogens with one attached hydrogen (secondary N) is 1. The highest BCUT2D eigenvalue weighted by Crippen LogP contribution is 2.11. The molecule has 0 aliphatic heterocycles. The van der Waals surface area contributed by atoms with Crippen LogP contribution in [0.1, 0.15) is 22.8 Å². The smallest absolute Gasteiger partial charge is 0.265 e. The van der Waals surface area contributed by atoms with Crippen LogP contribution in [0.2, 0.25) is 0 Å². The van der Waals surface area contributed by atoms with Gasteiger partial charge in [-0.2, -0.15) is 0 Å². The van der Waals surface area contributed by atoms with Crippen molar-refractivity contribution in [3.8, 4) is 5.75 Å². The van der Waals surface area contributed by atoms with Gasteiger partial charge in [-0.1, -0.05) is 17.3 Å². The van der Waals surface area contributed by atoms with Crippen LogP contribution in [-0.2, 0) is 9.63 Å². The van der Waals surface area contributed by atoms with E-state index in [-0.39, 0.29) is 18.3 Å². The molecule has 1 amide bonds. The number of carbonyl (C=O) groups excluding carboxylic acids is 2. The van der Waals surface area contributed by atoms with Gasteiger partial charge in [-0.25, -0.2) is 0 Å². The van der Waals surface area contributed by atoms with Crippen LogP contribution in [0.25, 0.3) is 0 Å². The highest BCUT2D eigenvalue weighted by atomic mass is 16.6. The fourth-order valence-electron chi connectivity index (χ4n) is 1.90. The van der Waals surface area contributed by atoms with E-state index in [2.05, 4.69) is 10.5 Å². The Bertz CT molecular complexity index is 739. The van der Waals surface area contributed by atoms with E-state index < -0.39 is 0 Å². The molecule has 6 nitrogen and oxygen atoms in total. The van der Waals surface area contributed by atoms with Crippen LogP contribution in [0.5, 0.6) is 5.75 Å². The van der Waals surface area contributed by atoms with Crippen molar-refractivity contribution < 1.29 is 19.2 Å². The molecule has 0 aliphatic carbocycles. The Kier molecular flexibility index (Phi) is 6.08. The molecule has 24 heavy (non-hydrogen) atoms. The van der Waals surface area contributed by atoms with Crippen molar-refractivity contribution in [3.05, 3.63) is 59.7 Å². The molecule has 124 valence electrons. The number of Topliss-reactive ketones (excluding diaryl/α,β-unsaturated/α-hetero) is 1. The second-order valence-corrected chi connectivity index (χ2v) is 4.97. The third-order valence-corrected chi connectivity index (χ3v) is 3.14. The van der Waals surface area contributed by atoms with E-state index in [0.29, 0.717) is 11.3 Å². The molecule has 0 aliphatic rings. The number of benzene rings is 2. The van der Waals surface area contributed by atoms with Crippen molar-refractivity contribution in [2.75, 3.05) is 19.0 Å². The normalized spacial score (nSPS) is 10.4. The summed E-state index contributed by atoms with van der Waals surface area (Å²) in [5.74, 6) is 0.328. The van der Waals surface area contributed by atoms with Gasteiger partial charge in [0.15, 0.2) is 12.4 Å². The SMILES string of the molecule is COc1ccc(C=NOCC(=O)Nc2cccc(C(C)=O)c2)cc1. The minimum atomic E-state index is -0.359. The molecule has 0 saturated carbocycles. The molecule has 0 bridgehead atoms. The van der Waals surface area contributed by atoms with E-state index in [1.165, 1.54) is 13.1 Å². The largest absolute Gasteiger partial charge is 0.497 e. The van der Waals surface area contributed by atoms with Crippen LogP contribution < -0.4 is 10.1 Å². The number of ketones is 1. The van der Waals surface area contributed by atoms with Gasteiger partial charge in [0.2, 0.25) is 0 Å². The number of carbonyl (C=O) groups is 2. The average molecular weight is 326 g/mol. The monoisotopic (exact) mass is 326 g/mol. The van der Waals surface area contributed by atoms with E-state index in [1.807, 2.05) is 12.1 Å². The number of oxime groups is 1. The number of hydrogen-bond acceptors (Lipinski definition) is 5. The molecule has 0 radical (unpaired) electrons. The van der Waals surface area contributed by atoms with E-state index >= 15 is 0 Å². The minimum Gasteiger partial charge on any atom is -0.497 e. The molecule has 0 heterocycles. The summed E-state index contributed by atoms with van der Waals surface area (Å²) < 4.78 is 5.06. The third kappa shape index (κ3) is 5.24. The number of nitrogens with zero attached hydrogens (tertiary/aromatic N) is 1. The van der Waals surface area contributed by atoms with E-state index in [1.54, 1.807) is 43.5 Å². The summed E-state index contributed by atoms with van der Waals surface area (Å²) in [6.45, 7) is 1.24. The van der Waals surface area contributed by atoms with Gasteiger partial charge in [-0.15, -0.1) is 0 Å². The molecule has 2 aromatic carbocycles. The summed E-state index contributed by atoms with van der Waals surface area (Å²) in [4.78, 5) is 28.0. The molecule has 1 N–H and O–H groups in total. The first-order valence-electron chi connectivity index (χ1n) is 7.29. The quantitative estimate of drug-likeness (QED) is 0.482. The number of ether oxygens (including phenoxy) is 1. The molecule has 0 atom stereocenters. The molecule has 0 fully saturated rings. The Labute approximate surface area is 140 Å². The summed E-state index contributed by atoms with van der Waals surface area (Å²) >= 11 is 0. The van der Waals surface area contributed by atoms with Gasteiger partial charge in [0, 0.05) is 11.3 Å². The summed E-state index contributed by atoms with van der Waals surface area (Å²) in [6, 6.07) is 13.9. The van der Waals surface area contributed by atoms with Gasteiger partial charge in [0.25, 0.3) is 5.91 Å². The summed E-state index contributed by atoms with van der Waals surface area (Å²) in [5, 5.41) is 6.39. The maximum atomic E-state index is 11.8. The van der Waals surface area contributed by atoms with Crippen LogP contribution in [0.3, 0.4) is 0 Å². The van der Waals surface area contributed by atoms with Crippen molar-refractivity contribution in [2.45, 2.75) is 6.92 Å². The Morgan fingerprint density at radius 1 is 1.17 bits per heavy atom. The topological polar surface area (TPSA) is 77.0 Å². The van der Waals surface area contributed by atoms with Crippen LogP contribution in [-0.4, -0.2) is 31.6 Å². The van der Waals surface area contributed by atoms with Crippen LogP contribution in [0, 0.1) is 0 Å². The maximum Gasteiger partial charge on any atom is 0.265 e. The lowest BCUT2D eigenvalue weighted by atomic mass is 10.1. The standard InChI is InChI=1S/C18H18N2O4/c1-13(21)15-4-3-5-16(10-15)20-18(22)12-24-19-11-14-6-8-17(23-2)9-7-14/h3-11H,12H2,1-2H3,(H,20,22). The van der Waals surface area contributed by atoms with Crippen molar-refractivity contribution in [3.63, 3.8) is 0 Å². The second-order valence-electron chi connectivity index (χ2n) is 4.97. The molecule has 2 rings (SSSR count). The number of anilines is 1. The summed E-state index contributed by atoms with van der Waals surface area (Å²) in [7, 11) is 1.59. The first-order chi connectivity index (χ1) is 11.6. The zero-order valence-electron chi connectivity index (χ0n) is 13.5. The second kappa shape index (κ2) is 8.47. The predicted octanol–water partition coefficient (Wildman–Crippen LogP) is 2.89. The Balaban J connectivity index is 1.81. The Morgan fingerprint density at radius 3 is 2.58 bits per heavy atom. The molecule has 6 heteroatoms. The zero-order valence-corrected chi connectivity index (χ0v) is 13.5. The average Bonchev–Trinajstić information content (AvgIpc) is 2.59. The minimum absolute atomic E-state index is 0.0635. The molecular formula is C18H18N2O4. The van der Waals surface area contributed by atoms with Crippen LogP contribution >= 0.6 is 0 Å².